The van der Waals surface area contributed by atoms with E-state index in [1.165, 1.54) is 10.4 Å². The molecule has 0 heterocycles. The maximum absolute atomic E-state index is 6.14. The topological polar surface area (TPSA) is 27.7 Å². The van der Waals surface area contributed by atoms with Crippen LogP contribution in [0, 0.1) is 0 Å². The van der Waals surface area contributed by atoms with E-state index >= 15 is 0 Å². The summed E-state index contributed by atoms with van der Waals surface area (Å²) in [6.07, 6.45) is 0. The van der Waals surface area contributed by atoms with Gasteiger partial charge in [0, 0.05) is 25.9 Å². The van der Waals surface area contributed by atoms with E-state index in [2.05, 4.69) is 67.6 Å². The Morgan fingerprint density at radius 2 is 1.00 bits per heavy atom. The smallest absolute Gasteiger partial charge is 0.374 e. The third-order valence-corrected chi connectivity index (χ3v) is 13.9. The molecule has 0 unspecified atom stereocenters. The lowest BCUT2D eigenvalue weighted by Crippen LogP contribution is -2.59. The molecular formula is C22H34O3Si2. The van der Waals surface area contributed by atoms with Gasteiger partial charge in [-0.15, -0.1) is 0 Å². The molecule has 5 heteroatoms. The van der Waals surface area contributed by atoms with Crippen LogP contribution in [0.25, 0.3) is 0 Å². The van der Waals surface area contributed by atoms with Crippen molar-refractivity contribution in [3.8, 4) is 0 Å². The van der Waals surface area contributed by atoms with Gasteiger partial charge >= 0.3 is 8.80 Å². The van der Waals surface area contributed by atoms with Crippen LogP contribution in [0.15, 0.2) is 60.7 Å². The number of hydrogen-bond acceptors (Lipinski definition) is 3. The highest BCUT2D eigenvalue weighted by molar-refractivity contribution is 7.02. The van der Waals surface area contributed by atoms with E-state index in [9.17, 15) is 0 Å². The monoisotopic (exact) mass is 402 g/mol. The second-order valence-corrected chi connectivity index (χ2v) is 13.9. The molecule has 0 radical (unpaired) electrons. The second-order valence-electron chi connectivity index (χ2n) is 6.65. The molecule has 2 aromatic rings. The van der Waals surface area contributed by atoms with Crippen molar-refractivity contribution in [2.24, 2.45) is 0 Å². The summed E-state index contributed by atoms with van der Waals surface area (Å²) in [6, 6.07) is 25.1. The second kappa shape index (κ2) is 10.9. The van der Waals surface area contributed by atoms with Gasteiger partial charge in [0.05, 0.1) is 0 Å². The van der Waals surface area contributed by atoms with E-state index in [1.807, 2.05) is 20.8 Å². The molecule has 148 valence electrons. The highest BCUT2D eigenvalue weighted by Gasteiger charge is 2.45. The van der Waals surface area contributed by atoms with Crippen LogP contribution in [-0.2, 0) is 13.3 Å². The third kappa shape index (κ3) is 5.39. The Balaban J connectivity index is 2.42. The Morgan fingerprint density at radius 3 is 1.33 bits per heavy atom. The van der Waals surface area contributed by atoms with Gasteiger partial charge in [-0.05, 0) is 26.8 Å². The molecule has 0 saturated heterocycles. The van der Waals surface area contributed by atoms with Gasteiger partial charge in [-0.3, -0.25) is 0 Å². The Morgan fingerprint density at radius 1 is 0.593 bits per heavy atom. The minimum Gasteiger partial charge on any atom is -0.374 e. The molecule has 2 rings (SSSR count). The molecule has 0 amide bonds. The predicted molar refractivity (Wildman–Crippen MR) is 119 cm³/mol. The highest BCUT2D eigenvalue weighted by Crippen LogP contribution is 2.26. The molecule has 0 N–H and O–H groups in total. The molecule has 27 heavy (non-hydrogen) atoms. The first kappa shape index (κ1) is 22.0. The SMILES string of the molecule is CCO[Si](CC[Si](CC)(c1ccccc1)c1ccccc1)(OCC)OCC. The number of hydrogen-bond donors (Lipinski definition) is 0. The van der Waals surface area contributed by atoms with Gasteiger partial charge in [0.25, 0.3) is 0 Å². The van der Waals surface area contributed by atoms with Crippen LogP contribution in [0.1, 0.15) is 27.7 Å². The Kier molecular flexibility index (Phi) is 8.92. The van der Waals surface area contributed by atoms with Crippen LogP contribution >= 0.6 is 0 Å². The van der Waals surface area contributed by atoms with Crippen molar-refractivity contribution in [1.82, 2.24) is 0 Å². The molecule has 0 aliphatic heterocycles. The summed E-state index contributed by atoms with van der Waals surface area (Å²) >= 11 is 0. The summed E-state index contributed by atoms with van der Waals surface area (Å²) in [7, 11) is -4.58. The van der Waals surface area contributed by atoms with Gasteiger partial charge in [0.2, 0.25) is 0 Å². The zero-order chi connectivity index (χ0) is 19.6. The van der Waals surface area contributed by atoms with Gasteiger partial charge in [-0.2, -0.15) is 0 Å². The van der Waals surface area contributed by atoms with E-state index in [4.69, 9.17) is 13.3 Å². The van der Waals surface area contributed by atoms with E-state index in [1.54, 1.807) is 0 Å². The average Bonchev–Trinajstić information content (AvgIpc) is 2.71. The number of benzene rings is 2. The van der Waals surface area contributed by atoms with Crippen LogP contribution in [0.3, 0.4) is 0 Å². The summed E-state index contributed by atoms with van der Waals surface area (Å²) < 4.78 is 18.4. The lowest BCUT2D eigenvalue weighted by Gasteiger charge is -2.36. The van der Waals surface area contributed by atoms with Gasteiger partial charge in [0.15, 0.2) is 0 Å². The van der Waals surface area contributed by atoms with Gasteiger partial charge < -0.3 is 13.3 Å². The molecule has 2 aromatic carbocycles. The van der Waals surface area contributed by atoms with Crippen LogP contribution in [0.5, 0.6) is 0 Å². The van der Waals surface area contributed by atoms with Crippen molar-refractivity contribution in [3.63, 3.8) is 0 Å². The van der Waals surface area contributed by atoms with Crippen LogP contribution < -0.4 is 10.4 Å². The normalized spacial score (nSPS) is 12.3. The minimum absolute atomic E-state index is 0.629. The molecule has 0 fully saturated rings. The molecule has 0 aliphatic rings. The fourth-order valence-corrected chi connectivity index (χ4v) is 12.6. The molecule has 3 nitrogen and oxygen atoms in total. The maximum atomic E-state index is 6.14. The quantitative estimate of drug-likeness (QED) is 0.495. The summed E-state index contributed by atoms with van der Waals surface area (Å²) in [4.78, 5) is 0. The Labute approximate surface area is 167 Å². The van der Waals surface area contributed by atoms with E-state index in [0.29, 0.717) is 19.8 Å². The van der Waals surface area contributed by atoms with Crippen LogP contribution in [0.2, 0.25) is 18.1 Å². The number of rotatable bonds is 12. The zero-order valence-corrected chi connectivity index (χ0v) is 19.2. The van der Waals surface area contributed by atoms with Gasteiger partial charge in [-0.1, -0.05) is 84.0 Å². The van der Waals surface area contributed by atoms with Crippen molar-refractivity contribution in [1.29, 1.82) is 0 Å². The molecule has 0 spiro atoms. The first-order valence-electron chi connectivity index (χ1n) is 10.2. The third-order valence-electron chi connectivity index (χ3n) is 5.21. The summed E-state index contributed by atoms with van der Waals surface area (Å²) in [6.45, 7) is 10.3. The fraction of sp³-hybridized carbons (Fsp3) is 0.455. The summed E-state index contributed by atoms with van der Waals surface area (Å²) in [5.41, 5.74) is 0. The molecule has 0 aromatic heterocycles. The molecule has 0 atom stereocenters. The van der Waals surface area contributed by atoms with Crippen molar-refractivity contribution in [3.05, 3.63) is 60.7 Å². The highest BCUT2D eigenvalue weighted by atomic mass is 28.4. The van der Waals surface area contributed by atoms with Crippen LogP contribution in [0.4, 0.5) is 0 Å². The lowest BCUT2D eigenvalue weighted by molar-refractivity contribution is 0.0725. The van der Waals surface area contributed by atoms with E-state index in [-0.39, 0.29) is 0 Å². The van der Waals surface area contributed by atoms with E-state index in [0.717, 1.165) is 18.1 Å². The summed E-state index contributed by atoms with van der Waals surface area (Å²) in [5, 5.41) is 2.96. The average molecular weight is 403 g/mol. The van der Waals surface area contributed by atoms with Crippen molar-refractivity contribution < 1.29 is 13.3 Å². The maximum Gasteiger partial charge on any atom is 0.500 e. The fourth-order valence-electron chi connectivity index (χ4n) is 3.92. The predicted octanol–water partition coefficient (Wildman–Crippen LogP) is 4.32. The standard InChI is InChI=1S/C22H34O3Si2/c1-5-23-27(24-6-2,25-7-3)20-19-26(8-4,21-15-11-9-12-16-21)22-17-13-10-14-18-22/h9-18H,5-8,19-20H2,1-4H3. The van der Waals surface area contributed by atoms with Crippen molar-refractivity contribution >= 4 is 27.3 Å². The first-order chi connectivity index (χ1) is 13.2. The molecule has 0 aliphatic carbocycles. The van der Waals surface area contributed by atoms with Crippen molar-refractivity contribution in [2.75, 3.05) is 19.8 Å². The summed E-state index contributed by atoms with van der Waals surface area (Å²) in [5.74, 6) is 0. The molecule has 0 bridgehead atoms. The molecular weight excluding hydrogens is 368 g/mol. The molecule has 0 saturated carbocycles. The Bertz CT molecular complexity index is 593. The zero-order valence-electron chi connectivity index (χ0n) is 17.2. The van der Waals surface area contributed by atoms with Gasteiger partial charge in [-0.25, -0.2) is 0 Å². The first-order valence-corrected chi connectivity index (χ1v) is 14.5. The van der Waals surface area contributed by atoms with Crippen LogP contribution in [-0.4, -0.2) is 36.7 Å². The van der Waals surface area contributed by atoms with E-state index < -0.39 is 16.9 Å². The minimum atomic E-state index is -2.65. The van der Waals surface area contributed by atoms with Gasteiger partial charge in [0.1, 0.15) is 8.07 Å². The lowest BCUT2D eigenvalue weighted by atomic mass is 10.4. The Hall–Kier alpha value is -1.25. The largest absolute Gasteiger partial charge is 0.500 e. The van der Waals surface area contributed by atoms with Crippen molar-refractivity contribution in [2.45, 2.75) is 45.8 Å².